The van der Waals surface area contributed by atoms with Crippen molar-refractivity contribution in [3.8, 4) is 45.3 Å². The van der Waals surface area contributed by atoms with E-state index in [9.17, 15) is 0 Å². The van der Waals surface area contributed by atoms with Crippen LogP contribution in [0.5, 0.6) is 0 Å². The fourth-order valence-corrected chi connectivity index (χ4v) is 6.34. The number of nitrogens with zero attached hydrogens (tertiary/aromatic N) is 3. The summed E-state index contributed by atoms with van der Waals surface area (Å²) in [6.07, 6.45) is 0. The van der Waals surface area contributed by atoms with Gasteiger partial charge in [0.15, 0.2) is 17.5 Å². The molecule has 0 saturated carbocycles. The van der Waals surface area contributed by atoms with Crippen molar-refractivity contribution in [2.24, 2.45) is 0 Å². The van der Waals surface area contributed by atoms with Crippen LogP contribution in [0.2, 0.25) is 0 Å². The summed E-state index contributed by atoms with van der Waals surface area (Å²) in [6.45, 7) is 0. The van der Waals surface area contributed by atoms with Crippen LogP contribution in [0.4, 0.5) is 0 Å². The second kappa shape index (κ2) is 10.2. The molecule has 0 fully saturated rings. The maximum absolute atomic E-state index is 6.22. The number of rotatable bonds is 4. The summed E-state index contributed by atoms with van der Waals surface area (Å²) in [5.74, 6) is 1.86. The van der Waals surface area contributed by atoms with Gasteiger partial charge < -0.3 is 4.42 Å². The van der Waals surface area contributed by atoms with E-state index < -0.39 is 0 Å². The number of benzene rings is 7. The second-order valence-electron chi connectivity index (χ2n) is 11.3. The van der Waals surface area contributed by atoms with Gasteiger partial charge in [0.1, 0.15) is 11.2 Å². The third kappa shape index (κ3) is 4.35. The largest absolute Gasteiger partial charge is 0.456 e. The van der Waals surface area contributed by atoms with Gasteiger partial charge in [-0.25, -0.2) is 15.0 Å². The average Bonchev–Trinajstić information content (AvgIpc) is 3.50. The van der Waals surface area contributed by atoms with Gasteiger partial charge in [-0.15, -0.1) is 0 Å². The predicted molar refractivity (Wildman–Crippen MR) is 184 cm³/mol. The Bertz CT molecular complexity index is 2550. The summed E-state index contributed by atoms with van der Waals surface area (Å²) in [4.78, 5) is 15.3. The highest BCUT2D eigenvalue weighted by Gasteiger charge is 2.18. The van der Waals surface area contributed by atoms with Crippen LogP contribution in [0.15, 0.2) is 156 Å². The van der Waals surface area contributed by atoms with E-state index in [1.165, 1.54) is 21.9 Å². The Labute approximate surface area is 259 Å². The first-order valence-electron chi connectivity index (χ1n) is 15.0. The van der Waals surface area contributed by atoms with E-state index in [0.29, 0.717) is 17.5 Å². The molecule has 0 atom stereocenters. The van der Waals surface area contributed by atoms with E-state index in [2.05, 4.69) is 115 Å². The minimum Gasteiger partial charge on any atom is -0.456 e. The van der Waals surface area contributed by atoms with Gasteiger partial charge >= 0.3 is 0 Å². The number of furan rings is 1. The zero-order valence-corrected chi connectivity index (χ0v) is 24.2. The van der Waals surface area contributed by atoms with Crippen molar-refractivity contribution in [2.75, 3.05) is 0 Å². The predicted octanol–water partition coefficient (Wildman–Crippen LogP) is 10.7. The maximum atomic E-state index is 6.22. The number of hydrogen-bond donors (Lipinski definition) is 0. The standard InChI is InChI=1S/C41H25N3O/c1-2-11-27(12-3-1)32-16-8-14-29-25-31(22-23-33(29)32)40-42-39(30-21-20-26-10-4-5-13-28(26)24-30)43-41(44-40)35-17-9-19-37-38(35)34-15-6-7-18-36(34)45-37/h1-25H. The first-order chi connectivity index (χ1) is 22.3. The molecule has 7 aromatic carbocycles. The van der Waals surface area contributed by atoms with Gasteiger partial charge in [0.2, 0.25) is 0 Å². The Hall–Kier alpha value is -6.13. The Morgan fingerprint density at radius 3 is 1.84 bits per heavy atom. The number of fused-ring (bicyclic) bond motifs is 5. The topological polar surface area (TPSA) is 51.8 Å². The molecule has 45 heavy (non-hydrogen) atoms. The first kappa shape index (κ1) is 25.4. The van der Waals surface area contributed by atoms with Crippen molar-refractivity contribution < 1.29 is 4.42 Å². The van der Waals surface area contributed by atoms with Gasteiger partial charge in [0.25, 0.3) is 0 Å². The van der Waals surface area contributed by atoms with Crippen molar-refractivity contribution in [3.05, 3.63) is 152 Å². The average molecular weight is 576 g/mol. The Morgan fingerprint density at radius 1 is 0.356 bits per heavy atom. The summed E-state index contributed by atoms with van der Waals surface area (Å²) >= 11 is 0. The fourth-order valence-electron chi connectivity index (χ4n) is 6.34. The van der Waals surface area contributed by atoms with Gasteiger partial charge in [-0.1, -0.05) is 127 Å². The Morgan fingerprint density at radius 2 is 0.978 bits per heavy atom. The summed E-state index contributed by atoms with van der Waals surface area (Å²) in [6, 6.07) is 52.3. The molecule has 0 N–H and O–H groups in total. The van der Waals surface area contributed by atoms with Crippen molar-refractivity contribution in [3.63, 3.8) is 0 Å². The molecule has 2 aromatic heterocycles. The monoisotopic (exact) mass is 575 g/mol. The van der Waals surface area contributed by atoms with Gasteiger partial charge in [0, 0.05) is 27.5 Å². The lowest BCUT2D eigenvalue weighted by Crippen LogP contribution is -2.00. The molecular weight excluding hydrogens is 550 g/mol. The zero-order valence-electron chi connectivity index (χ0n) is 24.2. The minimum atomic E-state index is 0.610. The normalized spacial score (nSPS) is 11.6. The lowest BCUT2D eigenvalue weighted by Gasteiger charge is -2.11. The fraction of sp³-hybridized carbons (Fsp3) is 0. The molecule has 0 saturated heterocycles. The molecule has 0 aliphatic carbocycles. The van der Waals surface area contributed by atoms with Crippen LogP contribution >= 0.6 is 0 Å². The molecule has 9 rings (SSSR count). The molecule has 210 valence electrons. The summed E-state index contributed by atoms with van der Waals surface area (Å²) in [5.41, 5.74) is 6.83. The van der Waals surface area contributed by atoms with Crippen LogP contribution in [0.3, 0.4) is 0 Å². The Balaban J connectivity index is 1.27. The Kier molecular flexibility index (Phi) is 5.78. The van der Waals surface area contributed by atoms with Crippen LogP contribution < -0.4 is 0 Å². The maximum Gasteiger partial charge on any atom is 0.164 e. The second-order valence-corrected chi connectivity index (χ2v) is 11.3. The van der Waals surface area contributed by atoms with Crippen LogP contribution in [-0.2, 0) is 0 Å². The third-order valence-corrected chi connectivity index (χ3v) is 8.51. The van der Waals surface area contributed by atoms with Gasteiger partial charge in [-0.05, 0) is 56.9 Å². The van der Waals surface area contributed by atoms with Gasteiger partial charge in [0.05, 0.1) is 0 Å². The van der Waals surface area contributed by atoms with E-state index in [4.69, 9.17) is 19.4 Å². The molecular formula is C41H25N3O. The molecule has 4 nitrogen and oxygen atoms in total. The quantitative estimate of drug-likeness (QED) is 0.209. The highest BCUT2D eigenvalue weighted by molar-refractivity contribution is 6.11. The van der Waals surface area contributed by atoms with Crippen molar-refractivity contribution >= 4 is 43.5 Å². The highest BCUT2D eigenvalue weighted by Crippen LogP contribution is 2.37. The smallest absolute Gasteiger partial charge is 0.164 e. The van der Waals surface area contributed by atoms with E-state index >= 15 is 0 Å². The lowest BCUT2D eigenvalue weighted by molar-refractivity contribution is 0.669. The zero-order chi connectivity index (χ0) is 29.7. The first-order valence-corrected chi connectivity index (χ1v) is 15.0. The van der Waals surface area contributed by atoms with E-state index in [-0.39, 0.29) is 0 Å². The van der Waals surface area contributed by atoms with E-state index in [1.54, 1.807) is 0 Å². The van der Waals surface area contributed by atoms with Gasteiger partial charge in [-0.2, -0.15) is 0 Å². The molecule has 0 spiro atoms. The lowest BCUT2D eigenvalue weighted by atomic mass is 9.97. The van der Waals surface area contributed by atoms with Crippen molar-refractivity contribution in [2.45, 2.75) is 0 Å². The van der Waals surface area contributed by atoms with Crippen LogP contribution in [-0.4, -0.2) is 15.0 Å². The molecule has 0 bridgehead atoms. The van der Waals surface area contributed by atoms with Crippen molar-refractivity contribution in [1.29, 1.82) is 0 Å². The number of para-hydroxylation sites is 1. The summed E-state index contributed by atoms with van der Waals surface area (Å²) in [5, 5.41) is 6.67. The summed E-state index contributed by atoms with van der Waals surface area (Å²) < 4.78 is 6.22. The molecule has 2 heterocycles. The molecule has 0 radical (unpaired) electrons. The van der Waals surface area contributed by atoms with Crippen LogP contribution in [0.25, 0.3) is 88.8 Å². The third-order valence-electron chi connectivity index (χ3n) is 8.51. The SMILES string of the molecule is c1ccc(-c2cccc3cc(-c4nc(-c5ccc6ccccc6c5)nc(-c5cccc6oc7ccccc7c56)n4)ccc23)cc1. The molecule has 0 amide bonds. The minimum absolute atomic E-state index is 0.610. The van der Waals surface area contributed by atoms with Crippen LogP contribution in [0, 0.1) is 0 Å². The van der Waals surface area contributed by atoms with Crippen molar-refractivity contribution in [1.82, 2.24) is 15.0 Å². The van der Waals surface area contributed by atoms with Crippen LogP contribution in [0.1, 0.15) is 0 Å². The summed E-state index contributed by atoms with van der Waals surface area (Å²) in [7, 11) is 0. The molecule has 0 unspecified atom stereocenters. The molecule has 4 heteroatoms. The van der Waals surface area contributed by atoms with E-state index in [1.807, 2.05) is 36.4 Å². The molecule has 9 aromatic rings. The number of hydrogen-bond acceptors (Lipinski definition) is 4. The molecule has 0 aliphatic heterocycles. The van der Waals surface area contributed by atoms with Gasteiger partial charge in [-0.3, -0.25) is 0 Å². The van der Waals surface area contributed by atoms with E-state index in [0.717, 1.165) is 49.4 Å². The highest BCUT2D eigenvalue weighted by atomic mass is 16.3. The molecule has 0 aliphatic rings. The number of aromatic nitrogens is 3.